The summed E-state index contributed by atoms with van der Waals surface area (Å²) in [5, 5.41) is 14.3. The second-order valence-corrected chi connectivity index (χ2v) is 4.75. The molecule has 0 aliphatic carbocycles. The summed E-state index contributed by atoms with van der Waals surface area (Å²) in [6.07, 6.45) is 1.92. The lowest BCUT2D eigenvalue weighted by Crippen LogP contribution is -2.03. The van der Waals surface area contributed by atoms with Crippen molar-refractivity contribution in [2.75, 3.05) is 0 Å². The van der Waals surface area contributed by atoms with Gasteiger partial charge in [0.15, 0.2) is 0 Å². The van der Waals surface area contributed by atoms with Gasteiger partial charge >= 0.3 is 5.97 Å². The maximum atomic E-state index is 10.6. The molecule has 0 fully saturated rings. The lowest BCUT2D eigenvalue weighted by molar-refractivity contribution is -0.136. The number of fused-ring (bicyclic) bond motifs is 1. The highest BCUT2D eigenvalue weighted by molar-refractivity contribution is 5.78. The fourth-order valence-corrected chi connectivity index (χ4v) is 2.26. The molecule has 0 atom stereocenters. The first-order chi connectivity index (χ1) is 9.72. The minimum absolute atomic E-state index is 0.0605. The predicted molar refractivity (Wildman–Crippen MR) is 76.6 cm³/mol. The van der Waals surface area contributed by atoms with Crippen LogP contribution in [0.1, 0.15) is 11.1 Å². The van der Waals surface area contributed by atoms with Crippen LogP contribution in [0.2, 0.25) is 0 Å². The number of aromatic nitrogens is 2. The zero-order valence-corrected chi connectivity index (χ0v) is 10.9. The number of carboxylic acid groups (broad SMARTS) is 1. The van der Waals surface area contributed by atoms with Gasteiger partial charge in [-0.05, 0) is 17.2 Å². The summed E-state index contributed by atoms with van der Waals surface area (Å²) in [5.74, 6) is -0.809. The Morgan fingerprint density at radius 2 is 1.75 bits per heavy atom. The van der Waals surface area contributed by atoms with E-state index >= 15 is 0 Å². The van der Waals surface area contributed by atoms with Gasteiger partial charge in [0.25, 0.3) is 0 Å². The number of hydrogen-bond acceptors (Lipinski definition) is 2. The predicted octanol–water partition coefficient (Wildman–Crippen LogP) is 2.71. The van der Waals surface area contributed by atoms with Gasteiger partial charge in [0.05, 0.1) is 24.7 Å². The Bertz CT molecular complexity index is 745. The van der Waals surface area contributed by atoms with E-state index in [4.69, 9.17) is 5.11 Å². The second kappa shape index (κ2) is 5.17. The van der Waals surface area contributed by atoms with Gasteiger partial charge in [0.2, 0.25) is 0 Å². The number of rotatable bonds is 4. The third-order valence-electron chi connectivity index (χ3n) is 3.26. The third-order valence-corrected chi connectivity index (χ3v) is 3.26. The standard InChI is InChI=1S/C16H14N2O2/c19-16(20)9-12-5-7-13(8-6-12)11-18-15-4-2-1-3-14(15)10-17-18/h1-8,10H,9,11H2,(H,19,20). The molecule has 4 nitrogen and oxygen atoms in total. The molecule has 100 valence electrons. The Hall–Kier alpha value is -2.62. The maximum absolute atomic E-state index is 10.6. The van der Waals surface area contributed by atoms with Crippen LogP contribution >= 0.6 is 0 Å². The van der Waals surface area contributed by atoms with Crippen molar-refractivity contribution in [2.24, 2.45) is 0 Å². The van der Waals surface area contributed by atoms with Gasteiger partial charge in [-0.2, -0.15) is 5.10 Å². The first-order valence-electron chi connectivity index (χ1n) is 6.42. The lowest BCUT2D eigenvalue weighted by atomic mass is 10.1. The van der Waals surface area contributed by atoms with E-state index in [1.165, 1.54) is 0 Å². The van der Waals surface area contributed by atoms with Crippen LogP contribution in [0.25, 0.3) is 10.9 Å². The topological polar surface area (TPSA) is 55.1 Å². The van der Waals surface area contributed by atoms with Crippen LogP contribution in [0.5, 0.6) is 0 Å². The Labute approximate surface area is 116 Å². The molecule has 1 aromatic heterocycles. The van der Waals surface area contributed by atoms with E-state index in [0.717, 1.165) is 22.0 Å². The van der Waals surface area contributed by atoms with Gasteiger partial charge in [-0.25, -0.2) is 0 Å². The summed E-state index contributed by atoms with van der Waals surface area (Å²) in [4.78, 5) is 10.6. The zero-order chi connectivity index (χ0) is 13.9. The minimum Gasteiger partial charge on any atom is -0.481 e. The molecule has 0 aliphatic rings. The van der Waals surface area contributed by atoms with Gasteiger partial charge in [-0.15, -0.1) is 0 Å². The molecule has 0 spiro atoms. The normalized spacial score (nSPS) is 10.8. The van der Waals surface area contributed by atoms with Crippen molar-refractivity contribution < 1.29 is 9.90 Å². The summed E-state index contributed by atoms with van der Waals surface area (Å²) in [6, 6.07) is 15.7. The van der Waals surface area contributed by atoms with Crippen LogP contribution in [0.3, 0.4) is 0 Å². The Morgan fingerprint density at radius 3 is 2.50 bits per heavy atom. The van der Waals surface area contributed by atoms with Gasteiger partial charge in [0.1, 0.15) is 0 Å². The first kappa shape index (κ1) is 12.4. The second-order valence-electron chi connectivity index (χ2n) is 4.75. The van der Waals surface area contributed by atoms with Crippen molar-refractivity contribution in [3.63, 3.8) is 0 Å². The molecule has 0 amide bonds. The molecule has 1 heterocycles. The van der Waals surface area contributed by atoms with Crippen molar-refractivity contribution in [1.82, 2.24) is 9.78 Å². The van der Waals surface area contributed by atoms with Gasteiger partial charge in [-0.1, -0.05) is 42.5 Å². The summed E-state index contributed by atoms with van der Waals surface area (Å²) >= 11 is 0. The van der Waals surface area contributed by atoms with Gasteiger partial charge in [0, 0.05) is 5.39 Å². The highest BCUT2D eigenvalue weighted by Crippen LogP contribution is 2.15. The smallest absolute Gasteiger partial charge is 0.307 e. The Balaban J connectivity index is 1.82. The van der Waals surface area contributed by atoms with E-state index in [0.29, 0.717) is 6.54 Å². The van der Waals surface area contributed by atoms with Crippen LogP contribution in [0, 0.1) is 0 Å². The van der Waals surface area contributed by atoms with E-state index < -0.39 is 5.97 Å². The van der Waals surface area contributed by atoms with E-state index in [9.17, 15) is 4.79 Å². The highest BCUT2D eigenvalue weighted by atomic mass is 16.4. The molecule has 2 aromatic carbocycles. The van der Waals surface area contributed by atoms with Crippen LogP contribution in [-0.2, 0) is 17.8 Å². The van der Waals surface area contributed by atoms with Crippen LogP contribution < -0.4 is 0 Å². The molecular formula is C16H14N2O2. The largest absolute Gasteiger partial charge is 0.481 e. The number of benzene rings is 2. The molecule has 3 aromatic rings. The third kappa shape index (κ3) is 2.54. The summed E-state index contributed by atoms with van der Waals surface area (Å²) in [7, 11) is 0. The summed E-state index contributed by atoms with van der Waals surface area (Å²) in [6.45, 7) is 0.681. The summed E-state index contributed by atoms with van der Waals surface area (Å²) < 4.78 is 1.95. The number of hydrogen-bond donors (Lipinski definition) is 1. The van der Waals surface area contributed by atoms with Gasteiger partial charge < -0.3 is 5.11 Å². The monoisotopic (exact) mass is 266 g/mol. The van der Waals surface area contributed by atoms with E-state index in [2.05, 4.69) is 5.10 Å². The lowest BCUT2D eigenvalue weighted by Gasteiger charge is -2.05. The molecule has 0 bridgehead atoms. The van der Waals surface area contributed by atoms with Crippen LogP contribution in [0.15, 0.2) is 54.7 Å². The van der Waals surface area contributed by atoms with Crippen molar-refractivity contribution in [1.29, 1.82) is 0 Å². The molecule has 4 heteroatoms. The number of carboxylic acids is 1. The van der Waals surface area contributed by atoms with Crippen LogP contribution in [-0.4, -0.2) is 20.9 Å². The van der Waals surface area contributed by atoms with Crippen molar-refractivity contribution in [3.05, 3.63) is 65.9 Å². The average molecular weight is 266 g/mol. The fraction of sp³-hybridized carbons (Fsp3) is 0.125. The minimum atomic E-state index is -0.809. The van der Waals surface area contributed by atoms with Crippen LogP contribution in [0.4, 0.5) is 0 Å². The van der Waals surface area contributed by atoms with Crippen molar-refractivity contribution >= 4 is 16.9 Å². The maximum Gasteiger partial charge on any atom is 0.307 e. The fourth-order valence-electron chi connectivity index (χ4n) is 2.26. The van der Waals surface area contributed by atoms with Crippen molar-refractivity contribution in [2.45, 2.75) is 13.0 Å². The van der Waals surface area contributed by atoms with Gasteiger partial charge in [-0.3, -0.25) is 9.48 Å². The number of aliphatic carboxylic acids is 1. The number of para-hydroxylation sites is 1. The zero-order valence-electron chi connectivity index (χ0n) is 10.9. The Kier molecular flexibility index (Phi) is 3.21. The molecule has 0 aliphatic heterocycles. The molecule has 0 saturated carbocycles. The Morgan fingerprint density at radius 1 is 1.05 bits per heavy atom. The van der Waals surface area contributed by atoms with Crippen molar-refractivity contribution in [3.8, 4) is 0 Å². The molecule has 3 rings (SSSR count). The van der Waals surface area contributed by atoms with E-state index in [1.54, 1.807) is 0 Å². The van der Waals surface area contributed by atoms with E-state index in [1.807, 2.05) is 59.4 Å². The SMILES string of the molecule is O=C(O)Cc1ccc(Cn2ncc3ccccc32)cc1. The summed E-state index contributed by atoms with van der Waals surface area (Å²) in [5.41, 5.74) is 3.02. The average Bonchev–Trinajstić information content (AvgIpc) is 2.84. The molecule has 1 N–H and O–H groups in total. The molecular weight excluding hydrogens is 252 g/mol. The molecule has 20 heavy (non-hydrogen) atoms. The van der Waals surface area contributed by atoms with E-state index in [-0.39, 0.29) is 6.42 Å². The molecule has 0 unspecified atom stereocenters. The quantitative estimate of drug-likeness (QED) is 0.790. The number of carbonyl (C=O) groups is 1. The first-order valence-corrected chi connectivity index (χ1v) is 6.42. The highest BCUT2D eigenvalue weighted by Gasteiger charge is 2.04. The number of nitrogens with zero attached hydrogens (tertiary/aromatic N) is 2. The molecule has 0 radical (unpaired) electrons. The molecule has 0 saturated heterocycles.